The van der Waals surface area contributed by atoms with Crippen LogP contribution in [-0.4, -0.2) is 4.57 Å². The number of hydrogen-bond acceptors (Lipinski definition) is 1. The van der Waals surface area contributed by atoms with E-state index in [-0.39, 0.29) is 0 Å². The van der Waals surface area contributed by atoms with E-state index < -0.39 is 0 Å². The van der Waals surface area contributed by atoms with E-state index in [1.807, 2.05) is 0 Å². The summed E-state index contributed by atoms with van der Waals surface area (Å²) in [5.74, 6) is 1.28. The van der Waals surface area contributed by atoms with Crippen molar-refractivity contribution in [3.05, 3.63) is 120 Å². The van der Waals surface area contributed by atoms with E-state index in [1.165, 1.54) is 93.6 Å². The fourth-order valence-electron chi connectivity index (χ4n) is 8.34. The molecule has 220 valence electrons. The summed E-state index contributed by atoms with van der Waals surface area (Å²) in [5.41, 5.74) is 11.8. The monoisotopic (exact) mass is 582 g/mol. The van der Waals surface area contributed by atoms with Crippen LogP contribution in [-0.2, 0) is 0 Å². The second-order valence-electron chi connectivity index (χ2n) is 13.9. The van der Waals surface area contributed by atoms with Gasteiger partial charge in [-0.15, -0.1) is 0 Å². The number of aromatic nitrogens is 1. The standard InChI is InChI=1S/C43H38N2/c1-24(2)33-22-34(25(3)4)29-20-21-32-40(23-35(26(5)6)30-19-18-28(33)41(29)42(30)32)44-37-15-9-10-16-38(37)45-36-14-8-7-12-27(36)31-13-11-17-39(44)43(31)45/h7-26H,1-6H3. The molecule has 0 saturated carbocycles. The van der Waals surface area contributed by atoms with Crippen molar-refractivity contribution in [2.24, 2.45) is 0 Å². The van der Waals surface area contributed by atoms with Crippen LogP contribution >= 0.6 is 0 Å². The van der Waals surface area contributed by atoms with Crippen LogP contribution in [0.3, 0.4) is 0 Å². The normalized spacial score (nSPS) is 13.2. The quantitative estimate of drug-likeness (QED) is 0.187. The molecule has 1 aromatic heterocycles. The summed E-state index contributed by atoms with van der Waals surface area (Å²) in [6.45, 7) is 14.0. The lowest BCUT2D eigenvalue weighted by molar-refractivity contribution is 0.847. The molecule has 2 heterocycles. The molecule has 8 aromatic rings. The zero-order chi connectivity index (χ0) is 30.7. The molecule has 0 radical (unpaired) electrons. The van der Waals surface area contributed by atoms with Crippen molar-refractivity contribution in [2.45, 2.75) is 59.3 Å². The number of anilines is 3. The molecule has 2 heteroatoms. The Balaban J connectivity index is 1.48. The third-order valence-corrected chi connectivity index (χ3v) is 10.4. The first-order valence-corrected chi connectivity index (χ1v) is 16.5. The van der Waals surface area contributed by atoms with E-state index >= 15 is 0 Å². The van der Waals surface area contributed by atoms with Crippen LogP contribution in [0.25, 0.3) is 59.8 Å². The molecule has 0 bridgehead atoms. The molecule has 2 nitrogen and oxygen atoms in total. The predicted octanol–water partition coefficient (Wildman–Crippen LogP) is 12.8. The van der Waals surface area contributed by atoms with Gasteiger partial charge in [-0.2, -0.15) is 0 Å². The summed E-state index contributed by atoms with van der Waals surface area (Å²) in [7, 11) is 0. The molecule has 0 saturated heterocycles. The van der Waals surface area contributed by atoms with Gasteiger partial charge in [0, 0.05) is 16.2 Å². The maximum absolute atomic E-state index is 2.56. The summed E-state index contributed by atoms with van der Waals surface area (Å²) < 4.78 is 2.48. The average molecular weight is 583 g/mol. The van der Waals surface area contributed by atoms with Crippen molar-refractivity contribution in [3.63, 3.8) is 0 Å². The molecule has 9 rings (SSSR count). The summed E-state index contributed by atoms with van der Waals surface area (Å²) in [4.78, 5) is 2.56. The Hall–Kier alpha value is -4.82. The topological polar surface area (TPSA) is 8.17 Å². The molecule has 0 amide bonds. The third-order valence-electron chi connectivity index (χ3n) is 10.4. The van der Waals surface area contributed by atoms with Crippen molar-refractivity contribution < 1.29 is 0 Å². The first-order valence-electron chi connectivity index (χ1n) is 16.5. The number of benzene rings is 7. The maximum atomic E-state index is 2.56. The van der Waals surface area contributed by atoms with Crippen LogP contribution in [0.15, 0.2) is 103 Å². The van der Waals surface area contributed by atoms with Gasteiger partial charge in [-0.3, -0.25) is 0 Å². The number of rotatable bonds is 4. The minimum Gasteiger partial charge on any atom is -0.306 e. The highest BCUT2D eigenvalue weighted by molar-refractivity contribution is 6.28. The van der Waals surface area contributed by atoms with E-state index in [4.69, 9.17) is 0 Å². The highest BCUT2D eigenvalue weighted by Gasteiger charge is 2.30. The fraction of sp³-hybridized carbons (Fsp3) is 0.209. The number of hydrogen-bond donors (Lipinski definition) is 0. The zero-order valence-corrected chi connectivity index (χ0v) is 26.9. The number of fused-ring (bicyclic) bond motifs is 5. The van der Waals surface area contributed by atoms with Crippen molar-refractivity contribution in [1.82, 2.24) is 4.57 Å². The summed E-state index contributed by atoms with van der Waals surface area (Å²) in [5, 5.41) is 10.9. The van der Waals surface area contributed by atoms with Gasteiger partial charge in [0.05, 0.1) is 33.8 Å². The lowest BCUT2D eigenvalue weighted by Crippen LogP contribution is -2.18. The van der Waals surface area contributed by atoms with Gasteiger partial charge in [0.2, 0.25) is 0 Å². The minimum absolute atomic E-state index is 0.379. The summed E-state index contributed by atoms with van der Waals surface area (Å²) >= 11 is 0. The number of nitrogens with zero attached hydrogens (tertiary/aromatic N) is 2. The molecule has 7 aromatic carbocycles. The fourth-order valence-corrected chi connectivity index (χ4v) is 8.34. The molecule has 1 aliphatic heterocycles. The molecular weight excluding hydrogens is 544 g/mol. The van der Waals surface area contributed by atoms with Gasteiger partial charge in [-0.25, -0.2) is 0 Å². The third kappa shape index (κ3) is 3.46. The van der Waals surface area contributed by atoms with Crippen molar-refractivity contribution in [2.75, 3.05) is 4.90 Å². The van der Waals surface area contributed by atoms with Crippen LogP contribution in [0.1, 0.15) is 76.0 Å². The molecule has 0 unspecified atom stereocenters. The number of para-hydroxylation sites is 4. The van der Waals surface area contributed by atoms with E-state index in [0.29, 0.717) is 17.8 Å². The first-order chi connectivity index (χ1) is 21.8. The smallest absolute Gasteiger partial charge is 0.0783 e. The van der Waals surface area contributed by atoms with Crippen LogP contribution in [0, 0.1) is 0 Å². The van der Waals surface area contributed by atoms with E-state index in [9.17, 15) is 0 Å². The Bertz CT molecular complexity index is 2440. The van der Waals surface area contributed by atoms with Crippen LogP contribution in [0.5, 0.6) is 0 Å². The molecule has 0 spiro atoms. The second-order valence-corrected chi connectivity index (χ2v) is 13.9. The Morgan fingerprint density at radius 2 is 0.911 bits per heavy atom. The van der Waals surface area contributed by atoms with Gasteiger partial charge in [0.25, 0.3) is 0 Å². The van der Waals surface area contributed by atoms with Crippen molar-refractivity contribution >= 4 is 71.2 Å². The van der Waals surface area contributed by atoms with Crippen LogP contribution in [0.2, 0.25) is 0 Å². The molecule has 1 aliphatic rings. The van der Waals surface area contributed by atoms with Gasteiger partial charge in [0.1, 0.15) is 0 Å². The van der Waals surface area contributed by atoms with Crippen LogP contribution < -0.4 is 4.90 Å². The molecular formula is C43H38N2. The Kier molecular flexibility index (Phi) is 5.52. The molecule has 0 N–H and O–H groups in total. The van der Waals surface area contributed by atoms with E-state index in [0.717, 1.165) is 0 Å². The summed E-state index contributed by atoms with van der Waals surface area (Å²) in [6.07, 6.45) is 0. The Labute approximate surface area is 264 Å². The Morgan fingerprint density at radius 3 is 1.58 bits per heavy atom. The van der Waals surface area contributed by atoms with Crippen molar-refractivity contribution in [1.29, 1.82) is 0 Å². The van der Waals surface area contributed by atoms with E-state index in [1.54, 1.807) is 0 Å². The molecule has 45 heavy (non-hydrogen) atoms. The highest BCUT2D eigenvalue weighted by atomic mass is 15.2. The van der Waals surface area contributed by atoms with Gasteiger partial charge in [-0.05, 0) is 91.7 Å². The SMILES string of the molecule is CC(C)c1cc(C(C)C)c2ccc3c(N4c5ccccc5-n5c6ccccc6c6cccc4c65)cc(C(C)C)c4ccc1c2c43. The average Bonchev–Trinajstić information content (AvgIpc) is 3.39. The van der Waals surface area contributed by atoms with Gasteiger partial charge < -0.3 is 9.47 Å². The summed E-state index contributed by atoms with van der Waals surface area (Å²) in [6, 6.07) is 39.3. The van der Waals surface area contributed by atoms with E-state index in [2.05, 4.69) is 154 Å². The second kappa shape index (κ2) is 9.34. The van der Waals surface area contributed by atoms with Crippen molar-refractivity contribution in [3.8, 4) is 5.69 Å². The lowest BCUT2D eigenvalue weighted by atomic mass is 9.81. The Morgan fingerprint density at radius 1 is 0.400 bits per heavy atom. The van der Waals surface area contributed by atoms with Gasteiger partial charge >= 0.3 is 0 Å². The first kappa shape index (κ1) is 26.6. The highest BCUT2D eigenvalue weighted by Crippen LogP contribution is 2.53. The maximum Gasteiger partial charge on any atom is 0.0783 e. The zero-order valence-electron chi connectivity index (χ0n) is 26.9. The van der Waals surface area contributed by atoms with Gasteiger partial charge in [-0.1, -0.05) is 114 Å². The lowest BCUT2D eigenvalue weighted by Gasteiger charge is -2.35. The minimum atomic E-state index is 0.379. The molecule has 0 fully saturated rings. The molecule has 0 aliphatic carbocycles. The van der Waals surface area contributed by atoms with Gasteiger partial charge in [0.15, 0.2) is 0 Å². The largest absolute Gasteiger partial charge is 0.306 e. The predicted molar refractivity (Wildman–Crippen MR) is 195 cm³/mol. The van der Waals surface area contributed by atoms with Crippen LogP contribution in [0.4, 0.5) is 17.1 Å². The molecule has 0 atom stereocenters.